The fraction of sp³-hybridized carbons (Fsp3) is 0.562. The number of halogens is 1. The van der Waals surface area contributed by atoms with Crippen LogP contribution in [0.2, 0.25) is 5.02 Å². The summed E-state index contributed by atoms with van der Waals surface area (Å²) in [5.74, 6) is 0.808. The van der Waals surface area contributed by atoms with Gasteiger partial charge in [0.1, 0.15) is 0 Å². The SMILES string of the molecule is O=C(O)c1ccc(CN(CC2CC2)CC2CC2)c(Cl)c1. The normalized spacial score (nSPS) is 18.5. The highest BCUT2D eigenvalue weighted by molar-refractivity contribution is 6.31. The molecule has 0 amide bonds. The summed E-state index contributed by atoms with van der Waals surface area (Å²) in [5, 5.41) is 9.54. The first kappa shape index (κ1) is 13.9. The van der Waals surface area contributed by atoms with Crippen molar-refractivity contribution in [3.8, 4) is 0 Å². The molecule has 3 rings (SSSR count). The third-order valence-electron chi connectivity index (χ3n) is 4.12. The van der Waals surface area contributed by atoms with Crippen LogP contribution in [0, 0.1) is 11.8 Å². The van der Waals surface area contributed by atoms with Gasteiger partial charge in [0.05, 0.1) is 5.56 Å². The van der Waals surface area contributed by atoms with Crippen LogP contribution < -0.4 is 0 Å². The molecule has 0 atom stereocenters. The number of hydrogen-bond acceptors (Lipinski definition) is 2. The summed E-state index contributed by atoms with van der Waals surface area (Å²) < 4.78 is 0. The van der Waals surface area contributed by atoms with Crippen molar-refractivity contribution in [3.63, 3.8) is 0 Å². The van der Waals surface area contributed by atoms with E-state index in [1.165, 1.54) is 25.7 Å². The largest absolute Gasteiger partial charge is 0.478 e. The average molecular weight is 294 g/mol. The van der Waals surface area contributed by atoms with Gasteiger partial charge in [-0.05, 0) is 55.2 Å². The Labute approximate surface area is 124 Å². The lowest BCUT2D eigenvalue weighted by Gasteiger charge is -2.22. The Balaban J connectivity index is 1.67. The molecule has 0 aromatic heterocycles. The number of nitrogens with zero attached hydrogens (tertiary/aromatic N) is 1. The zero-order valence-corrected chi connectivity index (χ0v) is 12.3. The summed E-state index contributed by atoms with van der Waals surface area (Å²) >= 11 is 6.23. The highest BCUT2D eigenvalue weighted by atomic mass is 35.5. The smallest absolute Gasteiger partial charge is 0.335 e. The van der Waals surface area contributed by atoms with E-state index in [-0.39, 0.29) is 5.56 Å². The monoisotopic (exact) mass is 293 g/mol. The third-order valence-corrected chi connectivity index (χ3v) is 4.47. The molecule has 20 heavy (non-hydrogen) atoms. The minimum atomic E-state index is -0.925. The topological polar surface area (TPSA) is 40.5 Å². The quantitative estimate of drug-likeness (QED) is 0.834. The second-order valence-electron chi connectivity index (χ2n) is 6.19. The first-order valence-corrected chi connectivity index (χ1v) is 7.73. The zero-order valence-electron chi connectivity index (χ0n) is 11.5. The molecule has 0 saturated heterocycles. The number of aromatic carboxylic acids is 1. The van der Waals surface area contributed by atoms with Gasteiger partial charge in [-0.15, -0.1) is 0 Å². The van der Waals surface area contributed by atoms with Crippen molar-refractivity contribution in [1.29, 1.82) is 0 Å². The number of carbonyl (C=O) groups is 1. The average Bonchev–Trinajstić information content (AvgIpc) is 3.27. The molecule has 0 spiro atoms. The van der Waals surface area contributed by atoms with Crippen molar-refractivity contribution in [2.45, 2.75) is 32.2 Å². The molecule has 1 aromatic carbocycles. The van der Waals surface area contributed by atoms with Gasteiger partial charge in [-0.3, -0.25) is 4.90 Å². The van der Waals surface area contributed by atoms with E-state index in [1.54, 1.807) is 12.1 Å². The van der Waals surface area contributed by atoms with Crippen LogP contribution in [-0.4, -0.2) is 29.1 Å². The van der Waals surface area contributed by atoms with Gasteiger partial charge in [0, 0.05) is 24.7 Å². The summed E-state index contributed by atoms with van der Waals surface area (Å²) in [4.78, 5) is 13.4. The molecule has 1 aromatic rings. The predicted octanol–water partition coefficient (Wildman–Crippen LogP) is 3.66. The molecule has 0 radical (unpaired) electrons. The second-order valence-corrected chi connectivity index (χ2v) is 6.60. The molecule has 2 saturated carbocycles. The van der Waals surface area contributed by atoms with Crippen LogP contribution in [0.3, 0.4) is 0 Å². The molecular formula is C16H20ClNO2. The van der Waals surface area contributed by atoms with Gasteiger partial charge in [-0.2, -0.15) is 0 Å². The lowest BCUT2D eigenvalue weighted by Crippen LogP contribution is -2.28. The highest BCUT2D eigenvalue weighted by Gasteiger charge is 2.29. The molecular weight excluding hydrogens is 274 g/mol. The Kier molecular flexibility index (Phi) is 3.99. The van der Waals surface area contributed by atoms with Crippen molar-refractivity contribution < 1.29 is 9.90 Å². The Hall–Kier alpha value is -1.06. The van der Waals surface area contributed by atoms with E-state index < -0.39 is 5.97 Å². The Morgan fingerprint density at radius 2 is 1.80 bits per heavy atom. The molecule has 4 heteroatoms. The van der Waals surface area contributed by atoms with E-state index >= 15 is 0 Å². The van der Waals surface area contributed by atoms with Crippen LogP contribution in [0.4, 0.5) is 0 Å². The molecule has 2 fully saturated rings. The van der Waals surface area contributed by atoms with Gasteiger partial charge in [-0.25, -0.2) is 4.79 Å². The van der Waals surface area contributed by atoms with Crippen molar-refractivity contribution in [3.05, 3.63) is 34.3 Å². The van der Waals surface area contributed by atoms with Crippen molar-refractivity contribution in [2.24, 2.45) is 11.8 Å². The minimum absolute atomic E-state index is 0.259. The van der Waals surface area contributed by atoms with Crippen LogP contribution in [0.25, 0.3) is 0 Å². The summed E-state index contributed by atoms with van der Waals surface area (Å²) in [6.07, 6.45) is 5.42. The maximum Gasteiger partial charge on any atom is 0.335 e. The second kappa shape index (κ2) is 5.74. The predicted molar refractivity (Wildman–Crippen MR) is 79.1 cm³/mol. The lowest BCUT2D eigenvalue weighted by molar-refractivity contribution is 0.0697. The minimum Gasteiger partial charge on any atom is -0.478 e. The third kappa shape index (κ3) is 3.74. The molecule has 2 aliphatic carbocycles. The summed E-state index contributed by atoms with van der Waals surface area (Å²) in [5.41, 5.74) is 1.30. The zero-order chi connectivity index (χ0) is 14.1. The molecule has 0 unspecified atom stereocenters. The van der Waals surface area contributed by atoms with Gasteiger partial charge in [-0.1, -0.05) is 17.7 Å². The summed E-state index contributed by atoms with van der Waals surface area (Å²) in [7, 11) is 0. The Morgan fingerprint density at radius 3 is 2.25 bits per heavy atom. The molecule has 0 bridgehead atoms. The number of rotatable bonds is 7. The van der Waals surface area contributed by atoms with Gasteiger partial charge in [0.15, 0.2) is 0 Å². The van der Waals surface area contributed by atoms with Crippen LogP contribution in [0.1, 0.15) is 41.6 Å². The maximum absolute atomic E-state index is 10.9. The number of carboxylic acids is 1. The van der Waals surface area contributed by atoms with Gasteiger partial charge in [0.2, 0.25) is 0 Å². The van der Waals surface area contributed by atoms with Crippen molar-refractivity contribution in [1.82, 2.24) is 4.90 Å². The van der Waals surface area contributed by atoms with Crippen LogP contribution in [0.5, 0.6) is 0 Å². The van der Waals surface area contributed by atoms with E-state index in [9.17, 15) is 4.79 Å². The molecule has 108 valence electrons. The molecule has 0 heterocycles. The van der Waals surface area contributed by atoms with E-state index in [2.05, 4.69) is 4.90 Å². The van der Waals surface area contributed by atoms with E-state index in [1.807, 2.05) is 6.07 Å². The fourth-order valence-electron chi connectivity index (χ4n) is 2.58. The number of hydrogen-bond donors (Lipinski definition) is 1. The standard InChI is InChI=1S/C16H20ClNO2/c17-15-7-13(16(19)20)5-6-14(15)10-18(8-11-1-2-11)9-12-3-4-12/h5-7,11-12H,1-4,8-10H2,(H,19,20). The fourth-order valence-corrected chi connectivity index (χ4v) is 2.82. The summed E-state index contributed by atoms with van der Waals surface area (Å²) in [6, 6.07) is 5.07. The molecule has 1 N–H and O–H groups in total. The van der Waals surface area contributed by atoms with Crippen LogP contribution >= 0.6 is 11.6 Å². The van der Waals surface area contributed by atoms with E-state index in [0.29, 0.717) is 5.02 Å². The molecule has 2 aliphatic rings. The molecule has 0 aliphatic heterocycles. The molecule has 3 nitrogen and oxygen atoms in total. The highest BCUT2D eigenvalue weighted by Crippen LogP contribution is 2.34. The lowest BCUT2D eigenvalue weighted by atomic mass is 10.1. The maximum atomic E-state index is 10.9. The first-order valence-electron chi connectivity index (χ1n) is 7.36. The summed E-state index contributed by atoms with van der Waals surface area (Å²) in [6.45, 7) is 3.16. The van der Waals surface area contributed by atoms with Gasteiger partial charge >= 0.3 is 5.97 Å². The van der Waals surface area contributed by atoms with E-state index in [4.69, 9.17) is 16.7 Å². The Bertz CT molecular complexity index is 495. The van der Waals surface area contributed by atoms with Crippen LogP contribution in [-0.2, 0) is 6.54 Å². The number of carboxylic acid groups (broad SMARTS) is 1. The Morgan fingerprint density at radius 1 is 1.20 bits per heavy atom. The first-order chi connectivity index (χ1) is 9.61. The number of benzene rings is 1. The van der Waals surface area contributed by atoms with Gasteiger partial charge in [0.25, 0.3) is 0 Å². The van der Waals surface area contributed by atoms with Crippen molar-refractivity contribution >= 4 is 17.6 Å². The van der Waals surface area contributed by atoms with E-state index in [0.717, 1.165) is 37.0 Å². The van der Waals surface area contributed by atoms with Gasteiger partial charge < -0.3 is 5.11 Å². The van der Waals surface area contributed by atoms with Crippen molar-refractivity contribution in [2.75, 3.05) is 13.1 Å². The van der Waals surface area contributed by atoms with Crippen LogP contribution in [0.15, 0.2) is 18.2 Å².